The monoisotopic (exact) mass is 342 g/mol. The molecule has 7 heteroatoms. The Morgan fingerprint density at radius 2 is 1.96 bits per heavy atom. The third-order valence-corrected chi connectivity index (χ3v) is 4.44. The van der Waals surface area contributed by atoms with E-state index in [-0.39, 0.29) is 0 Å². The van der Waals surface area contributed by atoms with Crippen molar-refractivity contribution in [1.29, 1.82) is 0 Å². The van der Waals surface area contributed by atoms with Crippen LogP contribution in [0.25, 0.3) is 0 Å². The van der Waals surface area contributed by atoms with Crippen LogP contribution in [0.1, 0.15) is 0 Å². The maximum Gasteiger partial charge on any atom is 0.193 e. The fourth-order valence-electron chi connectivity index (χ4n) is 3.02. The average molecular weight is 342 g/mol. The Morgan fingerprint density at radius 1 is 1.20 bits per heavy atom. The molecule has 0 amide bonds. The van der Waals surface area contributed by atoms with Crippen molar-refractivity contribution in [2.75, 3.05) is 51.8 Å². The van der Waals surface area contributed by atoms with Crippen molar-refractivity contribution >= 4 is 11.6 Å². The number of rotatable bonds is 5. The number of piperazine rings is 1. The number of methoxy groups -OCH3 is 1. The maximum atomic E-state index is 5.23. The number of aliphatic imine (C=N–C) groups is 1. The molecule has 0 radical (unpaired) electrons. The van der Waals surface area contributed by atoms with Crippen molar-refractivity contribution in [2.45, 2.75) is 6.54 Å². The zero-order valence-corrected chi connectivity index (χ0v) is 14.9. The van der Waals surface area contributed by atoms with Crippen molar-refractivity contribution in [2.24, 2.45) is 4.99 Å². The molecule has 1 aromatic heterocycles. The lowest BCUT2D eigenvalue weighted by atomic mass is 10.2. The first-order valence-electron chi connectivity index (χ1n) is 8.60. The highest BCUT2D eigenvalue weighted by Gasteiger charge is 2.19. The van der Waals surface area contributed by atoms with Crippen LogP contribution in [0, 0.1) is 0 Å². The summed E-state index contributed by atoms with van der Waals surface area (Å²) < 4.78 is 7.28. The Labute approximate surface area is 148 Å². The summed E-state index contributed by atoms with van der Waals surface area (Å²) in [5.74, 6) is 1.86. The minimum Gasteiger partial charge on any atom is -0.497 e. The van der Waals surface area contributed by atoms with Gasteiger partial charge in [-0.25, -0.2) is 4.98 Å². The fraction of sp³-hybridized carbons (Fsp3) is 0.444. The quantitative estimate of drug-likeness (QED) is 0.655. The molecule has 0 saturated carbocycles. The minimum absolute atomic E-state index is 0.835. The van der Waals surface area contributed by atoms with Crippen LogP contribution >= 0.6 is 0 Å². The summed E-state index contributed by atoms with van der Waals surface area (Å²) in [5.41, 5.74) is 1.24. The van der Waals surface area contributed by atoms with E-state index in [0.29, 0.717) is 0 Å². The van der Waals surface area contributed by atoms with Gasteiger partial charge in [0.25, 0.3) is 0 Å². The van der Waals surface area contributed by atoms with E-state index in [4.69, 9.17) is 4.74 Å². The van der Waals surface area contributed by atoms with Crippen LogP contribution in [0.2, 0.25) is 0 Å². The molecule has 2 aromatic rings. The van der Waals surface area contributed by atoms with Gasteiger partial charge in [-0.15, -0.1) is 0 Å². The van der Waals surface area contributed by atoms with Crippen LogP contribution in [0.15, 0.2) is 48.0 Å². The number of imidazole rings is 1. The Hall–Kier alpha value is -2.70. The van der Waals surface area contributed by atoms with Gasteiger partial charge in [-0.1, -0.05) is 0 Å². The minimum atomic E-state index is 0.835. The zero-order chi connectivity index (χ0) is 17.5. The molecule has 134 valence electrons. The highest BCUT2D eigenvalue weighted by atomic mass is 16.5. The van der Waals surface area contributed by atoms with Gasteiger partial charge < -0.3 is 24.4 Å². The first-order valence-corrected chi connectivity index (χ1v) is 8.60. The Bertz CT molecular complexity index is 659. The molecule has 1 N–H and O–H groups in total. The molecular weight excluding hydrogens is 316 g/mol. The van der Waals surface area contributed by atoms with Gasteiger partial charge in [0, 0.05) is 64.4 Å². The molecule has 0 atom stereocenters. The normalized spacial score (nSPS) is 15.4. The molecular formula is C18H26N6O. The van der Waals surface area contributed by atoms with E-state index in [1.165, 1.54) is 5.69 Å². The first kappa shape index (κ1) is 17.1. The van der Waals surface area contributed by atoms with Gasteiger partial charge in [0.05, 0.1) is 13.4 Å². The molecule has 2 heterocycles. The first-order chi connectivity index (χ1) is 12.3. The topological polar surface area (TPSA) is 57.9 Å². The van der Waals surface area contributed by atoms with Crippen LogP contribution in [0.4, 0.5) is 5.69 Å². The van der Waals surface area contributed by atoms with E-state index in [9.17, 15) is 0 Å². The number of hydrogen-bond donors (Lipinski definition) is 1. The second kappa shape index (κ2) is 8.41. The lowest BCUT2D eigenvalue weighted by Gasteiger charge is -2.37. The number of hydrogen-bond acceptors (Lipinski definition) is 4. The van der Waals surface area contributed by atoms with Gasteiger partial charge in [-0.3, -0.25) is 4.99 Å². The van der Waals surface area contributed by atoms with Gasteiger partial charge >= 0.3 is 0 Å². The standard InChI is InChI=1S/C18H26N6O/c1-19-18(21-8-10-22-9-7-20-15-22)24-13-11-23(12-14-24)16-3-5-17(25-2)6-4-16/h3-7,9,15H,8,10-14H2,1-2H3,(H,19,21). The molecule has 0 bridgehead atoms. The van der Waals surface area contributed by atoms with Crippen LogP contribution in [0.5, 0.6) is 5.75 Å². The number of nitrogens with one attached hydrogen (secondary N) is 1. The molecule has 25 heavy (non-hydrogen) atoms. The van der Waals surface area contributed by atoms with E-state index in [1.54, 1.807) is 13.3 Å². The molecule has 1 aliphatic rings. The van der Waals surface area contributed by atoms with Crippen molar-refractivity contribution < 1.29 is 4.74 Å². The molecule has 0 spiro atoms. The van der Waals surface area contributed by atoms with Crippen LogP contribution in [-0.4, -0.2) is 67.3 Å². The predicted octanol–water partition coefficient (Wildman–Crippen LogP) is 1.29. The summed E-state index contributed by atoms with van der Waals surface area (Å²) in [6.07, 6.45) is 5.60. The second-order valence-electron chi connectivity index (χ2n) is 5.95. The lowest BCUT2D eigenvalue weighted by Crippen LogP contribution is -2.52. The summed E-state index contributed by atoms with van der Waals surface area (Å²) in [6.45, 7) is 5.59. The fourth-order valence-corrected chi connectivity index (χ4v) is 3.02. The lowest BCUT2D eigenvalue weighted by molar-refractivity contribution is 0.371. The van der Waals surface area contributed by atoms with Gasteiger partial charge in [0.2, 0.25) is 0 Å². The van der Waals surface area contributed by atoms with Crippen molar-refractivity contribution in [1.82, 2.24) is 19.8 Å². The number of benzene rings is 1. The molecule has 1 saturated heterocycles. The molecule has 3 rings (SSSR count). The smallest absolute Gasteiger partial charge is 0.193 e. The van der Waals surface area contributed by atoms with Crippen molar-refractivity contribution in [3.05, 3.63) is 43.0 Å². The number of anilines is 1. The summed E-state index contributed by atoms with van der Waals surface area (Å²) in [5, 5.41) is 3.44. The highest BCUT2D eigenvalue weighted by Crippen LogP contribution is 2.20. The Balaban J connectivity index is 1.48. The highest BCUT2D eigenvalue weighted by molar-refractivity contribution is 5.80. The van der Waals surface area contributed by atoms with Gasteiger partial charge in [-0.05, 0) is 24.3 Å². The van der Waals surface area contributed by atoms with Gasteiger partial charge in [0.15, 0.2) is 5.96 Å². The van der Waals surface area contributed by atoms with E-state index in [1.807, 2.05) is 31.7 Å². The maximum absolute atomic E-state index is 5.23. The summed E-state index contributed by atoms with van der Waals surface area (Å²) in [6, 6.07) is 8.26. The van der Waals surface area contributed by atoms with E-state index in [2.05, 4.69) is 41.8 Å². The van der Waals surface area contributed by atoms with Crippen molar-refractivity contribution in [3.63, 3.8) is 0 Å². The molecule has 0 unspecified atom stereocenters. The molecule has 7 nitrogen and oxygen atoms in total. The Kier molecular flexibility index (Phi) is 5.77. The summed E-state index contributed by atoms with van der Waals surface area (Å²) >= 11 is 0. The number of ether oxygens (including phenoxy) is 1. The molecule has 1 aliphatic heterocycles. The molecule has 0 aliphatic carbocycles. The average Bonchev–Trinajstić information content (AvgIpc) is 3.19. The largest absolute Gasteiger partial charge is 0.497 e. The van der Waals surface area contributed by atoms with Crippen LogP contribution < -0.4 is 15.0 Å². The zero-order valence-electron chi connectivity index (χ0n) is 14.9. The van der Waals surface area contributed by atoms with Crippen LogP contribution in [-0.2, 0) is 6.54 Å². The summed E-state index contributed by atoms with van der Waals surface area (Å²) in [4.78, 5) is 13.2. The SMILES string of the molecule is CN=C(NCCn1ccnc1)N1CCN(c2ccc(OC)cc2)CC1. The number of nitrogens with zero attached hydrogens (tertiary/aromatic N) is 5. The van der Waals surface area contributed by atoms with E-state index < -0.39 is 0 Å². The Morgan fingerprint density at radius 3 is 2.56 bits per heavy atom. The predicted molar refractivity (Wildman–Crippen MR) is 100 cm³/mol. The number of guanidine groups is 1. The van der Waals surface area contributed by atoms with Gasteiger partial charge in [-0.2, -0.15) is 0 Å². The third kappa shape index (κ3) is 4.43. The molecule has 1 aromatic carbocycles. The second-order valence-corrected chi connectivity index (χ2v) is 5.95. The van der Waals surface area contributed by atoms with Crippen LogP contribution in [0.3, 0.4) is 0 Å². The van der Waals surface area contributed by atoms with E-state index >= 15 is 0 Å². The van der Waals surface area contributed by atoms with Crippen molar-refractivity contribution in [3.8, 4) is 5.75 Å². The molecule has 1 fully saturated rings. The van der Waals surface area contributed by atoms with Gasteiger partial charge in [0.1, 0.15) is 5.75 Å². The number of aromatic nitrogens is 2. The summed E-state index contributed by atoms with van der Waals surface area (Å²) in [7, 11) is 3.54. The van der Waals surface area contributed by atoms with E-state index in [0.717, 1.165) is 51.0 Å². The third-order valence-electron chi connectivity index (χ3n) is 4.44.